The summed E-state index contributed by atoms with van der Waals surface area (Å²) in [6.45, 7) is 3.93. The number of esters is 1. The second-order valence-corrected chi connectivity index (χ2v) is 6.23. The Labute approximate surface area is 151 Å². The molecule has 0 saturated heterocycles. The fourth-order valence-corrected chi connectivity index (χ4v) is 2.67. The first-order chi connectivity index (χ1) is 12.3. The number of carbonyl (C=O) groups excluding carboxylic acids is 4. The van der Waals surface area contributed by atoms with Gasteiger partial charge in [0.2, 0.25) is 0 Å². The topological polar surface area (TPSA) is 102 Å². The molecule has 26 heavy (non-hydrogen) atoms. The highest BCUT2D eigenvalue weighted by molar-refractivity contribution is 6.22. The SMILES string of the molecule is COCCN1C(=O)c2ccc(C(=O)N[C@@H](C(=O)OC)C(C)C)cc2C1=O. The normalized spacial score (nSPS) is 14.4. The number of benzene rings is 1. The smallest absolute Gasteiger partial charge is 0.328 e. The molecule has 1 atom stereocenters. The van der Waals surface area contributed by atoms with Crippen molar-refractivity contribution >= 4 is 23.7 Å². The number of fused-ring (bicyclic) bond motifs is 1. The standard InChI is InChI=1S/C18H22N2O6/c1-10(2)14(18(24)26-4)19-15(21)11-5-6-12-13(9-11)17(23)20(16(12)22)7-8-25-3/h5-6,9-10,14H,7-8H2,1-4H3,(H,19,21)/t14-/m1/s1. The van der Waals surface area contributed by atoms with Gasteiger partial charge in [-0.1, -0.05) is 13.8 Å². The molecule has 0 aliphatic carbocycles. The number of nitrogens with zero attached hydrogens (tertiary/aromatic N) is 1. The molecule has 1 aromatic rings. The van der Waals surface area contributed by atoms with E-state index in [4.69, 9.17) is 9.47 Å². The minimum atomic E-state index is -0.809. The average Bonchev–Trinajstić information content (AvgIpc) is 2.87. The highest BCUT2D eigenvalue weighted by Crippen LogP contribution is 2.24. The van der Waals surface area contributed by atoms with Crippen molar-refractivity contribution in [2.45, 2.75) is 19.9 Å². The number of ether oxygens (including phenoxy) is 2. The fourth-order valence-electron chi connectivity index (χ4n) is 2.67. The molecule has 0 fully saturated rings. The first kappa shape index (κ1) is 19.6. The van der Waals surface area contributed by atoms with Crippen molar-refractivity contribution in [1.82, 2.24) is 10.2 Å². The molecule has 0 unspecified atom stereocenters. The second-order valence-electron chi connectivity index (χ2n) is 6.23. The van der Waals surface area contributed by atoms with Crippen LogP contribution in [0.4, 0.5) is 0 Å². The van der Waals surface area contributed by atoms with Gasteiger partial charge in [0.1, 0.15) is 6.04 Å². The first-order valence-electron chi connectivity index (χ1n) is 8.19. The van der Waals surface area contributed by atoms with Gasteiger partial charge in [-0.15, -0.1) is 0 Å². The Kier molecular flexibility index (Phi) is 6.10. The summed E-state index contributed by atoms with van der Waals surface area (Å²) in [6, 6.07) is 3.45. The average molecular weight is 362 g/mol. The number of carbonyl (C=O) groups is 4. The van der Waals surface area contributed by atoms with Crippen LogP contribution in [0.25, 0.3) is 0 Å². The lowest BCUT2D eigenvalue weighted by Gasteiger charge is -2.19. The zero-order valence-corrected chi connectivity index (χ0v) is 15.2. The van der Waals surface area contributed by atoms with Crippen molar-refractivity contribution < 1.29 is 28.7 Å². The zero-order valence-electron chi connectivity index (χ0n) is 15.2. The van der Waals surface area contributed by atoms with Crippen molar-refractivity contribution in [2.75, 3.05) is 27.4 Å². The van der Waals surface area contributed by atoms with Crippen molar-refractivity contribution in [3.05, 3.63) is 34.9 Å². The molecule has 8 heteroatoms. The number of methoxy groups -OCH3 is 2. The van der Waals surface area contributed by atoms with Gasteiger partial charge in [-0.25, -0.2) is 4.79 Å². The molecule has 0 spiro atoms. The first-order valence-corrected chi connectivity index (χ1v) is 8.19. The number of amides is 3. The van der Waals surface area contributed by atoms with Crippen LogP contribution < -0.4 is 5.32 Å². The Bertz CT molecular complexity index is 743. The van der Waals surface area contributed by atoms with Gasteiger partial charge in [0.25, 0.3) is 17.7 Å². The third-order valence-electron chi connectivity index (χ3n) is 4.16. The van der Waals surface area contributed by atoms with Gasteiger partial charge in [-0.05, 0) is 24.1 Å². The maximum Gasteiger partial charge on any atom is 0.328 e. The van der Waals surface area contributed by atoms with Gasteiger partial charge in [-0.2, -0.15) is 0 Å². The van der Waals surface area contributed by atoms with Crippen LogP contribution in [0.15, 0.2) is 18.2 Å². The number of hydrogen-bond donors (Lipinski definition) is 1. The minimum Gasteiger partial charge on any atom is -0.467 e. The van der Waals surface area contributed by atoms with Crippen LogP contribution in [0.2, 0.25) is 0 Å². The second kappa shape index (κ2) is 8.09. The fraction of sp³-hybridized carbons (Fsp3) is 0.444. The molecule has 1 N–H and O–H groups in total. The Hall–Kier alpha value is -2.74. The van der Waals surface area contributed by atoms with E-state index in [1.54, 1.807) is 13.8 Å². The summed E-state index contributed by atoms with van der Waals surface area (Å²) >= 11 is 0. The Morgan fingerprint density at radius 2 is 1.77 bits per heavy atom. The van der Waals surface area contributed by atoms with E-state index < -0.39 is 29.7 Å². The number of hydrogen-bond acceptors (Lipinski definition) is 6. The zero-order chi connectivity index (χ0) is 19.4. The van der Waals surface area contributed by atoms with Crippen LogP contribution in [0.3, 0.4) is 0 Å². The van der Waals surface area contributed by atoms with Crippen molar-refractivity contribution in [3.63, 3.8) is 0 Å². The monoisotopic (exact) mass is 362 g/mol. The lowest BCUT2D eigenvalue weighted by Crippen LogP contribution is -2.45. The van der Waals surface area contributed by atoms with Crippen molar-refractivity contribution in [3.8, 4) is 0 Å². The summed E-state index contributed by atoms with van der Waals surface area (Å²) in [7, 11) is 2.73. The van der Waals surface area contributed by atoms with E-state index in [0.29, 0.717) is 0 Å². The van der Waals surface area contributed by atoms with Gasteiger partial charge in [0.15, 0.2) is 0 Å². The van der Waals surface area contributed by atoms with Crippen molar-refractivity contribution in [1.29, 1.82) is 0 Å². The summed E-state index contributed by atoms with van der Waals surface area (Å²) in [5, 5.41) is 2.60. The Morgan fingerprint density at radius 3 is 2.35 bits per heavy atom. The Balaban J connectivity index is 2.23. The predicted octanol–water partition coefficient (Wildman–Crippen LogP) is 0.856. The lowest BCUT2D eigenvalue weighted by molar-refractivity contribution is -0.144. The highest BCUT2D eigenvalue weighted by Gasteiger charge is 2.36. The van der Waals surface area contributed by atoms with E-state index >= 15 is 0 Å². The largest absolute Gasteiger partial charge is 0.467 e. The van der Waals surface area contributed by atoms with E-state index in [2.05, 4.69) is 5.32 Å². The minimum absolute atomic E-state index is 0.141. The molecule has 1 aromatic carbocycles. The summed E-state index contributed by atoms with van der Waals surface area (Å²) in [5.41, 5.74) is 0.599. The molecule has 0 radical (unpaired) electrons. The molecule has 3 amide bonds. The number of imide groups is 1. The maximum absolute atomic E-state index is 12.5. The van der Waals surface area contributed by atoms with Crippen LogP contribution in [0.1, 0.15) is 44.9 Å². The van der Waals surface area contributed by atoms with Gasteiger partial charge < -0.3 is 14.8 Å². The lowest BCUT2D eigenvalue weighted by atomic mass is 10.0. The maximum atomic E-state index is 12.5. The predicted molar refractivity (Wildman–Crippen MR) is 91.8 cm³/mol. The summed E-state index contributed by atoms with van der Waals surface area (Å²) < 4.78 is 9.60. The van der Waals surface area contributed by atoms with E-state index in [1.165, 1.54) is 32.4 Å². The van der Waals surface area contributed by atoms with Gasteiger partial charge in [-0.3, -0.25) is 19.3 Å². The van der Waals surface area contributed by atoms with Crippen LogP contribution in [-0.2, 0) is 14.3 Å². The van der Waals surface area contributed by atoms with Crippen LogP contribution >= 0.6 is 0 Å². The van der Waals surface area contributed by atoms with E-state index in [1.807, 2.05) is 0 Å². The molecule has 0 bridgehead atoms. The van der Waals surface area contributed by atoms with Gasteiger partial charge in [0.05, 0.1) is 31.4 Å². The van der Waals surface area contributed by atoms with Gasteiger partial charge in [0, 0.05) is 12.7 Å². The quantitative estimate of drug-likeness (QED) is 0.570. The molecule has 140 valence electrons. The molecule has 8 nitrogen and oxygen atoms in total. The van der Waals surface area contributed by atoms with E-state index in [9.17, 15) is 19.2 Å². The van der Waals surface area contributed by atoms with E-state index in [0.717, 1.165) is 4.90 Å². The Morgan fingerprint density at radius 1 is 1.12 bits per heavy atom. The molecule has 2 rings (SSSR count). The number of rotatable bonds is 7. The van der Waals surface area contributed by atoms with Gasteiger partial charge >= 0.3 is 5.97 Å². The third kappa shape index (κ3) is 3.75. The molecule has 0 aromatic heterocycles. The van der Waals surface area contributed by atoms with E-state index in [-0.39, 0.29) is 35.8 Å². The van der Waals surface area contributed by atoms with Crippen LogP contribution in [0.5, 0.6) is 0 Å². The third-order valence-corrected chi connectivity index (χ3v) is 4.16. The number of nitrogens with one attached hydrogen (secondary N) is 1. The summed E-state index contributed by atoms with van der Waals surface area (Å²) in [4.78, 5) is 50.0. The van der Waals surface area contributed by atoms with Crippen molar-refractivity contribution in [2.24, 2.45) is 5.92 Å². The molecule has 1 heterocycles. The molecule has 0 saturated carbocycles. The molecular weight excluding hydrogens is 340 g/mol. The molecule has 1 aliphatic heterocycles. The summed E-state index contributed by atoms with van der Waals surface area (Å²) in [6.07, 6.45) is 0. The molecular formula is C18H22N2O6. The van der Waals surface area contributed by atoms with Crippen LogP contribution in [-0.4, -0.2) is 62.0 Å². The van der Waals surface area contributed by atoms with Crippen LogP contribution in [0, 0.1) is 5.92 Å². The summed E-state index contributed by atoms with van der Waals surface area (Å²) in [5.74, 6) is -2.12. The molecule has 1 aliphatic rings. The highest BCUT2D eigenvalue weighted by atomic mass is 16.5.